The molecule has 1 heteroatoms. The number of hydrogen-bond acceptors (Lipinski definition) is 1. The first-order chi connectivity index (χ1) is 4.49. The summed E-state index contributed by atoms with van der Waals surface area (Å²) in [7, 11) is 0. The molecule has 0 saturated heterocycles. The van der Waals surface area contributed by atoms with Gasteiger partial charge in [-0.2, -0.15) is 0 Å². The van der Waals surface area contributed by atoms with E-state index in [1.54, 1.807) is 0 Å². The molecule has 0 radical (unpaired) electrons. The Hall–Kier alpha value is -0.300. The van der Waals surface area contributed by atoms with Crippen molar-refractivity contribution in [3.8, 4) is 0 Å². The number of rotatable bonds is 0. The second kappa shape index (κ2) is 2.39. The van der Waals surface area contributed by atoms with Crippen LogP contribution in [0.1, 0.15) is 33.6 Å². The maximum absolute atomic E-state index is 9.34. The zero-order chi connectivity index (χ0) is 7.78. The van der Waals surface area contributed by atoms with Crippen molar-refractivity contribution in [1.29, 1.82) is 0 Å². The smallest absolute Gasteiger partial charge is 0.0728 e. The van der Waals surface area contributed by atoms with E-state index < -0.39 is 0 Å². The van der Waals surface area contributed by atoms with Crippen LogP contribution < -0.4 is 0 Å². The molecule has 1 atom stereocenters. The molecule has 1 N–H and O–H groups in total. The molecular weight excluding hydrogens is 124 g/mol. The first-order valence-corrected chi connectivity index (χ1v) is 3.85. The predicted octanol–water partition coefficient (Wildman–Crippen LogP) is 2.11. The molecule has 0 saturated carbocycles. The lowest BCUT2D eigenvalue weighted by molar-refractivity contribution is 0.139. The van der Waals surface area contributed by atoms with Gasteiger partial charge in [0.2, 0.25) is 0 Å². The molecule has 0 aromatic heterocycles. The van der Waals surface area contributed by atoms with E-state index in [0.29, 0.717) is 5.41 Å². The lowest BCUT2D eigenvalue weighted by atomic mass is 9.77. The van der Waals surface area contributed by atoms with E-state index in [1.165, 1.54) is 5.57 Å². The summed E-state index contributed by atoms with van der Waals surface area (Å²) in [6, 6.07) is 0. The van der Waals surface area contributed by atoms with Gasteiger partial charge in [0.25, 0.3) is 0 Å². The minimum absolute atomic E-state index is 0.205. The van der Waals surface area contributed by atoms with Crippen LogP contribution in [0.2, 0.25) is 0 Å². The summed E-state index contributed by atoms with van der Waals surface area (Å²) in [6.07, 6.45) is 3.79. The van der Waals surface area contributed by atoms with Gasteiger partial charge in [0.05, 0.1) is 6.10 Å². The fraction of sp³-hybridized carbons (Fsp3) is 0.778. The van der Waals surface area contributed by atoms with Crippen LogP contribution in [0.5, 0.6) is 0 Å². The van der Waals surface area contributed by atoms with Crippen LogP contribution in [0.25, 0.3) is 0 Å². The number of allylic oxidation sites excluding steroid dienone is 1. The van der Waals surface area contributed by atoms with Gasteiger partial charge in [0.1, 0.15) is 0 Å². The van der Waals surface area contributed by atoms with Crippen LogP contribution in [0.15, 0.2) is 11.6 Å². The maximum atomic E-state index is 9.34. The summed E-state index contributed by atoms with van der Waals surface area (Å²) in [4.78, 5) is 0. The van der Waals surface area contributed by atoms with Gasteiger partial charge in [-0.15, -0.1) is 0 Å². The third-order valence-electron chi connectivity index (χ3n) is 2.00. The highest BCUT2D eigenvalue weighted by Crippen LogP contribution is 2.34. The van der Waals surface area contributed by atoms with Crippen LogP contribution in [0.3, 0.4) is 0 Å². The Balaban J connectivity index is 2.70. The largest absolute Gasteiger partial charge is 0.389 e. The zero-order valence-electron chi connectivity index (χ0n) is 7.02. The molecule has 0 spiro atoms. The Morgan fingerprint density at radius 3 is 2.60 bits per heavy atom. The molecule has 0 bridgehead atoms. The summed E-state index contributed by atoms with van der Waals surface area (Å²) < 4.78 is 0. The van der Waals surface area contributed by atoms with Crippen molar-refractivity contribution < 1.29 is 5.11 Å². The fourth-order valence-corrected chi connectivity index (χ4v) is 1.84. The summed E-state index contributed by atoms with van der Waals surface area (Å²) in [5, 5.41) is 9.34. The van der Waals surface area contributed by atoms with Crippen molar-refractivity contribution in [2.24, 2.45) is 5.41 Å². The Morgan fingerprint density at radius 1 is 1.60 bits per heavy atom. The van der Waals surface area contributed by atoms with E-state index in [-0.39, 0.29) is 6.10 Å². The Labute approximate surface area is 62.8 Å². The second-order valence-electron chi connectivity index (χ2n) is 4.13. The number of hydrogen-bond donors (Lipinski definition) is 1. The molecule has 58 valence electrons. The molecular formula is C9H16O. The molecule has 0 aromatic carbocycles. The maximum Gasteiger partial charge on any atom is 0.0728 e. The molecule has 0 fully saturated rings. The molecule has 1 aliphatic rings. The van der Waals surface area contributed by atoms with E-state index in [0.717, 1.165) is 12.8 Å². The van der Waals surface area contributed by atoms with E-state index in [4.69, 9.17) is 0 Å². The molecule has 0 aliphatic heterocycles. The Morgan fingerprint density at radius 2 is 2.20 bits per heavy atom. The molecule has 1 rings (SSSR count). The third kappa shape index (κ3) is 1.84. The minimum atomic E-state index is -0.205. The van der Waals surface area contributed by atoms with Crippen molar-refractivity contribution in [3.63, 3.8) is 0 Å². The normalized spacial score (nSPS) is 31.6. The van der Waals surface area contributed by atoms with Crippen molar-refractivity contribution in [3.05, 3.63) is 11.6 Å². The van der Waals surface area contributed by atoms with Crippen LogP contribution in [0, 0.1) is 5.41 Å². The minimum Gasteiger partial charge on any atom is -0.389 e. The highest BCUT2D eigenvalue weighted by molar-refractivity contribution is 5.09. The zero-order valence-corrected chi connectivity index (χ0v) is 7.02. The number of aliphatic hydroxyl groups is 1. The summed E-state index contributed by atoms with van der Waals surface area (Å²) in [6.45, 7) is 6.49. The highest BCUT2D eigenvalue weighted by Gasteiger charge is 2.25. The average Bonchev–Trinajstić information content (AvgIpc) is 1.54. The SMILES string of the molecule is CC1=CC(O)CC(C)(C)C1. The monoisotopic (exact) mass is 140 g/mol. The van der Waals surface area contributed by atoms with Gasteiger partial charge in [-0.25, -0.2) is 0 Å². The Bertz CT molecular complexity index is 156. The second-order valence-corrected chi connectivity index (χ2v) is 4.13. The lowest BCUT2D eigenvalue weighted by Gasteiger charge is -2.31. The molecule has 0 amide bonds. The first kappa shape index (κ1) is 7.80. The van der Waals surface area contributed by atoms with E-state index in [9.17, 15) is 5.11 Å². The third-order valence-corrected chi connectivity index (χ3v) is 2.00. The van der Waals surface area contributed by atoms with Crippen molar-refractivity contribution in [2.75, 3.05) is 0 Å². The Kier molecular flexibility index (Phi) is 1.86. The van der Waals surface area contributed by atoms with E-state index >= 15 is 0 Å². The lowest BCUT2D eigenvalue weighted by Crippen LogP contribution is -2.24. The summed E-state index contributed by atoms with van der Waals surface area (Å²) in [5.41, 5.74) is 1.63. The van der Waals surface area contributed by atoms with Crippen LogP contribution in [-0.4, -0.2) is 11.2 Å². The molecule has 1 nitrogen and oxygen atoms in total. The van der Waals surface area contributed by atoms with Gasteiger partial charge in [-0.3, -0.25) is 0 Å². The number of aliphatic hydroxyl groups excluding tert-OH is 1. The van der Waals surface area contributed by atoms with Crippen molar-refractivity contribution in [2.45, 2.75) is 39.7 Å². The van der Waals surface area contributed by atoms with Crippen LogP contribution in [0.4, 0.5) is 0 Å². The molecule has 0 heterocycles. The standard InChI is InChI=1S/C9H16O/c1-7-4-8(10)6-9(2,3)5-7/h4,8,10H,5-6H2,1-3H3. The van der Waals surface area contributed by atoms with Crippen LogP contribution >= 0.6 is 0 Å². The van der Waals surface area contributed by atoms with Crippen molar-refractivity contribution in [1.82, 2.24) is 0 Å². The topological polar surface area (TPSA) is 20.2 Å². The first-order valence-electron chi connectivity index (χ1n) is 3.85. The van der Waals surface area contributed by atoms with Crippen LogP contribution in [-0.2, 0) is 0 Å². The van der Waals surface area contributed by atoms with Gasteiger partial charge in [-0.1, -0.05) is 25.5 Å². The van der Waals surface area contributed by atoms with Gasteiger partial charge in [-0.05, 0) is 25.2 Å². The van der Waals surface area contributed by atoms with Gasteiger partial charge in [0.15, 0.2) is 0 Å². The average molecular weight is 140 g/mol. The van der Waals surface area contributed by atoms with E-state index in [2.05, 4.69) is 20.8 Å². The molecule has 1 unspecified atom stereocenters. The molecule has 1 aliphatic carbocycles. The summed E-state index contributed by atoms with van der Waals surface area (Å²) >= 11 is 0. The quantitative estimate of drug-likeness (QED) is 0.511. The van der Waals surface area contributed by atoms with Crippen molar-refractivity contribution >= 4 is 0 Å². The predicted molar refractivity (Wildman–Crippen MR) is 42.8 cm³/mol. The molecule has 10 heavy (non-hydrogen) atoms. The summed E-state index contributed by atoms with van der Waals surface area (Å²) in [5.74, 6) is 0. The van der Waals surface area contributed by atoms with Gasteiger partial charge < -0.3 is 5.11 Å². The highest BCUT2D eigenvalue weighted by atomic mass is 16.3. The fourth-order valence-electron chi connectivity index (χ4n) is 1.84. The van der Waals surface area contributed by atoms with E-state index in [1.807, 2.05) is 6.08 Å². The van der Waals surface area contributed by atoms with Gasteiger partial charge >= 0.3 is 0 Å². The molecule has 0 aromatic rings. The van der Waals surface area contributed by atoms with Gasteiger partial charge in [0, 0.05) is 0 Å².